The second-order valence-electron chi connectivity index (χ2n) is 7.07. The van der Waals surface area contributed by atoms with Crippen molar-refractivity contribution in [1.82, 2.24) is 4.57 Å². The zero-order valence-corrected chi connectivity index (χ0v) is 18.4. The van der Waals surface area contributed by atoms with E-state index >= 15 is 0 Å². The normalized spacial score (nSPS) is 10.4. The van der Waals surface area contributed by atoms with Crippen LogP contribution in [0.4, 0.5) is 4.39 Å². The molecule has 1 heterocycles. The van der Waals surface area contributed by atoms with Crippen molar-refractivity contribution in [1.29, 1.82) is 5.26 Å². The van der Waals surface area contributed by atoms with Crippen LogP contribution in [-0.4, -0.2) is 36.8 Å². The first kappa shape index (κ1) is 23.3. The molecule has 8 nitrogen and oxygen atoms in total. The van der Waals surface area contributed by atoms with Crippen LogP contribution in [-0.2, 0) is 6.54 Å². The Labute approximate surface area is 189 Å². The van der Waals surface area contributed by atoms with Gasteiger partial charge in [-0.2, -0.15) is 5.26 Å². The number of ketones is 1. The minimum absolute atomic E-state index is 0.0362. The van der Waals surface area contributed by atoms with Gasteiger partial charge in [0.25, 0.3) is 5.56 Å². The van der Waals surface area contributed by atoms with Gasteiger partial charge in [0.15, 0.2) is 17.3 Å². The van der Waals surface area contributed by atoms with Crippen LogP contribution in [0.3, 0.4) is 0 Å². The summed E-state index contributed by atoms with van der Waals surface area (Å²) in [5.41, 5.74) is -0.660. The highest BCUT2D eigenvalue weighted by molar-refractivity contribution is 6.12. The summed E-state index contributed by atoms with van der Waals surface area (Å²) in [6.07, 6.45) is 0. The third-order valence-electron chi connectivity index (χ3n) is 5.21. The van der Waals surface area contributed by atoms with Crippen molar-refractivity contribution < 1.29 is 28.5 Å². The summed E-state index contributed by atoms with van der Waals surface area (Å²) >= 11 is 0. The lowest BCUT2D eigenvalue weighted by Crippen LogP contribution is -2.27. The summed E-state index contributed by atoms with van der Waals surface area (Å²) in [4.78, 5) is 26.3. The number of carbonyl (C=O) groups is 1. The Kier molecular flexibility index (Phi) is 6.68. The number of nitrogens with zero attached hydrogens (tertiary/aromatic N) is 2. The molecule has 0 aliphatic carbocycles. The third kappa shape index (κ3) is 4.23. The zero-order valence-electron chi connectivity index (χ0n) is 18.4. The van der Waals surface area contributed by atoms with Gasteiger partial charge >= 0.3 is 0 Å². The quantitative estimate of drug-likeness (QED) is 0.548. The van der Waals surface area contributed by atoms with Crippen LogP contribution in [0.15, 0.2) is 41.2 Å². The zero-order chi connectivity index (χ0) is 24.3. The number of methoxy groups -OCH3 is 3. The van der Waals surface area contributed by atoms with E-state index in [-0.39, 0.29) is 46.0 Å². The van der Waals surface area contributed by atoms with Gasteiger partial charge in [-0.1, -0.05) is 12.1 Å². The van der Waals surface area contributed by atoms with Crippen molar-refractivity contribution >= 4 is 5.78 Å². The average Bonchev–Trinajstić information content (AvgIpc) is 2.82. The summed E-state index contributed by atoms with van der Waals surface area (Å²) in [6, 6.07) is 9.91. The number of carbonyl (C=O) groups excluding carboxylic acids is 1. The summed E-state index contributed by atoms with van der Waals surface area (Å²) < 4.78 is 30.0. The number of nitriles is 1. The molecule has 2 aromatic carbocycles. The van der Waals surface area contributed by atoms with Crippen molar-refractivity contribution in [2.45, 2.75) is 13.5 Å². The SMILES string of the molecule is COc1cc(C(=O)c2c(C)c(C#N)c(=O)n(Cc3ccc(F)cc3)c2O)cc(OC)c1OC. The Morgan fingerprint density at radius 2 is 1.67 bits per heavy atom. The molecular formula is C24H21FN2O6. The summed E-state index contributed by atoms with van der Waals surface area (Å²) in [5.74, 6) is -1.02. The van der Waals surface area contributed by atoms with E-state index < -0.39 is 23.0 Å². The van der Waals surface area contributed by atoms with Gasteiger partial charge in [-0.25, -0.2) is 4.39 Å². The fourth-order valence-electron chi connectivity index (χ4n) is 3.50. The number of rotatable bonds is 7. The maximum atomic E-state index is 13.5. The molecule has 0 unspecified atom stereocenters. The molecule has 0 atom stereocenters. The monoisotopic (exact) mass is 452 g/mol. The summed E-state index contributed by atoms with van der Waals surface area (Å²) in [5, 5.41) is 20.5. The molecular weight excluding hydrogens is 431 g/mol. The number of pyridine rings is 1. The van der Waals surface area contributed by atoms with Crippen molar-refractivity contribution in [3.8, 4) is 29.2 Å². The molecule has 3 aromatic rings. The first-order valence-corrected chi connectivity index (χ1v) is 9.72. The summed E-state index contributed by atoms with van der Waals surface area (Å²) in [6.45, 7) is 1.24. The number of hydrogen-bond acceptors (Lipinski definition) is 7. The van der Waals surface area contributed by atoms with E-state index in [1.807, 2.05) is 6.07 Å². The number of ether oxygens (including phenoxy) is 3. The predicted molar refractivity (Wildman–Crippen MR) is 117 cm³/mol. The summed E-state index contributed by atoms with van der Waals surface area (Å²) in [7, 11) is 4.21. The van der Waals surface area contributed by atoms with E-state index in [1.165, 1.54) is 64.7 Å². The lowest BCUT2D eigenvalue weighted by molar-refractivity contribution is 0.103. The largest absolute Gasteiger partial charge is 0.494 e. The van der Waals surface area contributed by atoms with E-state index in [9.17, 15) is 24.3 Å². The minimum atomic E-state index is -0.765. The standard InChI is InChI=1S/C24H21FN2O6/c1-13-17(11-26)23(29)27(12-14-5-7-16(25)8-6-14)24(30)20(13)21(28)15-9-18(31-2)22(33-4)19(10-15)32-3/h5-10,30H,12H2,1-4H3. The van der Waals surface area contributed by atoms with Gasteiger partial charge in [-0.3, -0.25) is 14.2 Å². The Morgan fingerprint density at radius 1 is 1.09 bits per heavy atom. The molecule has 1 N–H and O–H groups in total. The second kappa shape index (κ2) is 9.44. The lowest BCUT2D eigenvalue weighted by atomic mass is 9.96. The molecule has 3 rings (SSSR count). The van der Waals surface area contributed by atoms with E-state index in [0.717, 1.165) is 4.57 Å². The Bertz CT molecular complexity index is 1300. The van der Waals surface area contributed by atoms with Gasteiger partial charge < -0.3 is 19.3 Å². The predicted octanol–water partition coefficient (Wildman–Crippen LogP) is 3.18. The van der Waals surface area contributed by atoms with Gasteiger partial charge in [0.2, 0.25) is 11.6 Å². The van der Waals surface area contributed by atoms with Gasteiger partial charge in [0.1, 0.15) is 17.4 Å². The molecule has 0 amide bonds. The molecule has 0 aliphatic heterocycles. The lowest BCUT2D eigenvalue weighted by Gasteiger charge is -2.17. The molecule has 0 aliphatic rings. The molecule has 1 aromatic heterocycles. The number of benzene rings is 2. The Hall–Kier alpha value is -4.32. The van der Waals surface area contributed by atoms with Crippen LogP contribution in [0.1, 0.15) is 32.6 Å². The molecule has 0 saturated heterocycles. The average molecular weight is 452 g/mol. The minimum Gasteiger partial charge on any atom is -0.494 e. The third-order valence-corrected chi connectivity index (χ3v) is 5.21. The van der Waals surface area contributed by atoms with Gasteiger partial charge in [-0.05, 0) is 42.3 Å². The van der Waals surface area contributed by atoms with Crippen LogP contribution in [0.5, 0.6) is 23.1 Å². The smallest absolute Gasteiger partial charge is 0.271 e. The van der Waals surface area contributed by atoms with Gasteiger partial charge in [-0.15, -0.1) is 0 Å². The molecule has 0 spiro atoms. The fourth-order valence-corrected chi connectivity index (χ4v) is 3.50. The molecule has 33 heavy (non-hydrogen) atoms. The van der Waals surface area contributed by atoms with E-state index in [4.69, 9.17) is 14.2 Å². The molecule has 170 valence electrons. The van der Waals surface area contributed by atoms with Crippen LogP contribution < -0.4 is 19.8 Å². The highest BCUT2D eigenvalue weighted by atomic mass is 19.1. The fraction of sp³-hybridized carbons (Fsp3) is 0.208. The second-order valence-corrected chi connectivity index (χ2v) is 7.07. The number of hydrogen-bond donors (Lipinski definition) is 1. The number of halogens is 1. The maximum absolute atomic E-state index is 13.5. The number of aromatic hydroxyl groups is 1. The molecule has 0 bridgehead atoms. The van der Waals surface area contributed by atoms with E-state index in [2.05, 4.69) is 0 Å². The topological polar surface area (TPSA) is 111 Å². The first-order valence-electron chi connectivity index (χ1n) is 9.72. The molecule has 9 heteroatoms. The van der Waals surface area contributed by atoms with Crippen molar-refractivity contribution in [3.05, 3.63) is 80.4 Å². The molecule has 0 saturated carbocycles. The van der Waals surface area contributed by atoms with E-state index in [1.54, 1.807) is 0 Å². The Morgan fingerprint density at radius 3 is 2.15 bits per heavy atom. The highest BCUT2D eigenvalue weighted by Crippen LogP contribution is 2.39. The molecule has 0 radical (unpaired) electrons. The molecule has 0 fully saturated rings. The van der Waals surface area contributed by atoms with Crippen molar-refractivity contribution in [2.75, 3.05) is 21.3 Å². The van der Waals surface area contributed by atoms with Crippen molar-refractivity contribution in [2.24, 2.45) is 0 Å². The maximum Gasteiger partial charge on any atom is 0.271 e. The Balaban J connectivity index is 2.23. The van der Waals surface area contributed by atoms with Crippen molar-refractivity contribution in [3.63, 3.8) is 0 Å². The van der Waals surface area contributed by atoms with E-state index in [0.29, 0.717) is 5.56 Å². The van der Waals surface area contributed by atoms with Crippen LogP contribution in [0.2, 0.25) is 0 Å². The highest BCUT2D eigenvalue weighted by Gasteiger charge is 2.27. The number of aromatic nitrogens is 1. The van der Waals surface area contributed by atoms with Gasteiger partial charge in [0, 0.05) is 5.56 Å². The van der Waals surface area contributed by atoms with Crippen LogP contribution >= 0.6 is 0 Å². The first-order chi connectivity index (χ1) is 15.8. The van der Waals surface area contributed by atoms with Crippen LogP contribution in [0, 0.1) is 24.1 Å². The van der Waals surface area contributed by atoms with Gasteiger partial charge in [0.05, 0.1) is 33.4 Å². The van der Waals surface area contributed by atoms with Crippen LogP contribution in [0.25, 0.3) is 0 Å².